The molecule has 2 aromatic rings. The summed E-state index contributed by atoms with van der Waals surface area (Å²) in [4.78, 5) is 31.4. The second kappa shape index (κ2) is 9.83. The first kappa shape index (κ1) is 22.5. The number of nitrogens with one attached hydrogen (secondary N) is 1. The molecule has 8 nitrogen and oxygen atoms in total. The minimum atomic E-state index is -1.03. The molecule has 2 fully saturated rings. The average molecular weight is 441 g/mol. The number of piperidine rings is 1. The fourth-order valence-electron chi connectivity index (χ4n) is 4.42. The Balaban J connectivity index is 1.30. The third kappa shape index (κ3) is 5.55. The molecule has 2 unspecified atom stereocenters. The first-order valence-electron chi connectivity index (χ1n) is 11.4. The van der Waals surface area contributed by atoms with Crippen LogP contribution >= 0.6 is 0 Å². The maximum absolute atomic E-state index is 12.7. The largest absolute Gasteiger partial charge is 0.388 e. The number of aliphatic hydroxyl groups is 1. The lowest BCUT2D eigenvalue weighted by Gasteiger charge is -2.38. The molecule has 172 valence electrons. The van der Waals surface area contributed by atoms with E-state index >= 15 is 0 Å². The second-order valence-corrected chi connectivity index (χ2v) is 9.07. The second-order valence-electron chi connectivity index (χ2n) is 9.07. The number of benzene rings is 1. The fraction of sp³-hybridized carbons (Fsp3) is 0.542. The van der Waals surface area contributed by atoms with Crippen LogP contribution in [0.2, 0.25) is 0 Å². The first-order valence-corrected chi connectivity index (χ1v) is 11.4. The zero-order valence-electron chi connectivity index (χ0n) is 18.6. The quantitative estimate of drug-likeness (QED) is 0.684. The lowest BCUT2D eigenvalue weighted by Crippen LogP contribution is -2.49. The standard InChI is InChI=1S/C24H32N4O4/c1-18(19-5-3-2-4-6-19)13-22(29)27-10-8-24(31,9-11-27)16-28-17-25-21(14-23(28)30)26-20-7-12-32-15-20/h2-6,14,17-18,20,26,31H,7-13,15-16H2,1H3. The molecule has 1 aromatic carbocycles. The predicted octanol–water partition coefficient (Wildman–Crippen LogP) is 1.99. The molecule has 4 rings (SSSR count). The SMILES string of the molecule is CC(CC(=O)N1CCC(O)(Cn2cnc(NC3CCOC3)cc2=O)CC1)c1ccccc1. The number of carbonyl (C=O) groups is 1. The summed E-state index contributed by atoms with van der Waals surface area (Å²) in [5.41, 5.74) is -0.0775. The van der Waals surface area contributed by atoms with E-state index in [0.717, 1.165) is 12.0 Å². The summed E-state index contributed by atoms with van der Waals surface area (Å²) in [6.07, 6.45) is 3.70. The average Bonchev–Trinajstić information content (AvgIpc) is 3.30. The van der Waals surface area contributed by atoms with Gasteiger partial charge in [0, 0.05) is 32.2 Å². The van der Waals surface area contributed by atoms with Crippen molar-refractivity contribution in [2.45, 2.75) is 56.7 Å². The molecule has 1 amide bonds. The highest BCUT2D eigenvalue weighted by atomic mass is 16.5. The number of likely N-dealkylation sites (tertiary alicyclic amines) is 1. The third-order valence-corrected chi connectivity index (χ3v) is 6.52. The van der Waals surface area contributed by atoms with Crippen molar-refractivity contribution in [3.05, 3.63) is 58.6 Å². The van der Waals surface area contributed by atoms with Crippen molar-refractivity contribution in [3.8, 4) is 0 Å². The Morgan fingerprint density at radius 2 is 2.06 bits per heavy atom. The molecule has 0 radical (unpaired) electrons. The molecule has 2 saturated heterocycles. The summed E-state index contributed by atoms with van der Waals surface area (Å²) in [7, 11) is 0. The molecule has 0 bridgehead atoms. The van der Waals surface area contributed by atoms with Crippen LogP contribution in [0, 0.1) is 0 Å². The molecule has 2 aliphatic rings. The van der Waals surface area contributed by atoms with E-state index in [-0.39, 0.29) is 30.0 Å². The number of carbonyl (C=O) groups excluding carboxylic acids is 1. The molecule has 2 N–H and O–H groups in total. The molecule has 2 aliphatic heterocycles. The van der Waals surface area contributed by atoms with Crippen molar-refractivity contribution >= 4 is 11.7 Å². The molecule has 2 atom stereocenters. The lowest BCUT2D eigenvalue weighted by atomic mass is 9.90. The van der Waals surface area contributed by atoms with Crippen LogP contribution in [-0.4, -0.2) is 63.4 Å². The Labute approximate surface area is 188 Å². The number of hydrogen-bond donors (Lipinski definition) is 2. The molecule has 0 aliphatic carbocycles. The van der Waals surface area contributed by atoms with E-state index in [1.54, 1.807) is 0 Å². The van der Waals surface area contributed by atoms with Gasteiger partial charge in [-0.25, -0.2) is 4.98 Å². The van der Waals surface area contributed by atoms with Crippen molar-refractivity contribution in [3.63, 3.8) is 0 Å². The van der Waals surface area contributed by atoms with Gasteiger partial charge in [0.25, 0.3) is 5.56 Å². The Bertz CT molecular complexity index is 963. The van der Waals surface area contributed by atoms with Gasteiger partial charge < -0.3 is 20.1 Å². The number of hydrogen-bond acceptors (Lipinski definition) is 6. The van der Waals surface area contributed by atoms with Crippen LogP contribution in [0.5, 0.6) is 0 Å². The maximum Gasteiger partial charge on any atom is 0.255 e. The van der Waals surface area contributed by atoms with Crippen molar-refractivity contribution in [1.82, 2.24) is 14.5 Å². The number of anilines is 1. The monoisotopic (exact) mass is 440 g/mol. The van der Waals surface area contributed by atoms with Gasteiger partial charge in [0.1, 0.15) is 5.82 Å². The van der Waals surface area contributed by atoms with E-state index in [1.165, 1.54) is 17.0 Å². The molecule has 32 heavy (non-hydrogen) atoms. The highest BCUT2D eigenvalue weighted by Crippen LogP contribution is 2.26. The zero-order chi connectivity index (χ0) is 22.6. The Hall–Kier alpha value is -2.71. The summed E-state index contributed by atoms with van der Waals surface area (Å²) < 4.78 is 6.78. The maximum atomic E-state index is 12.7. The zero-order valence-corrected chi connectivity index (χ0v) is 18.6. The van der Waals surface area contributed by atoms with E-state index in [2.05, 4.69) is 17.2 Å². The van der Waals surface area contributed by atoms with Crippen molar-refractivity contribution < 1.29 is 14.6 Å². The van der Waals surface area contributed by atoms with E-state index < -0.39 is 5.60 Å². The van der Waals surface area contributed by atoms with Crippen molar-refractivity contribution in [1.29, 1.82) is 0 Å². The van der Waals surface area contributed by atoms with Crippen LogP contribution in [-0.2, 0) is 16.1 Å². The van der Waals surface area contributed by atoms with Gasteiger partial charge in [-0.1, -0.05) is 37.3 Å². The van der Waals surface area contributed by atoms with Gasteiger partial charge in [-0.2, -0.15) is 0 Å². The summed E-state index contributed by atoms with van der Waals surface area (Å²) >= 11 is 0. The van der Waals surface area contributed by atoms with Gasteiger partial charge in [0.15, 0.2) is 0 Å². The van der Waals surface area contributed by atoms with Gasteiger partial charge in [-0.15, -0.1) is 0 Å². The lowest BCUT2D eigenvalue weighted by molar-refractivity contribution is -0.136. The van der Waals surface area contributed by atoms with Crippen LogP contribution < -0.4 is 10.9 Å². The molecule has 0 saturated carbocycles. The summed E-state index contributed by atoms with van der Waals surface area (Å²) in [6.45, 7) is 4.54. The predicted molar refractivity (Wildman–Crippen MR) is 122 cm³/mol. The number of rotatable bonds is 7. The Kier molecular flexibility index (Phi) is 6.91. The molecule has 8 heteroatoms. The number of ether oxygens (including phenoxy) is 1. The Morgan fingerprint density at radius 3 is 2.72 bits per heavy atom. The van der Waals surface area contributed by atoms with Gasteiger partial charge in [-0.3, -0.25) is 14.2 Å². The van der Waals surface area contributed by atoms with Gasteiger partial charge >= 0.3 is 0 Å². The van der Waals surface area contributed by atoms with Crippen LogP contribution in [0.4, 0.5) is 5.82 Å². The summed E-state index contributed by atoms with van der Waals surface area (Å²) in [5, 5.41) is 14.3. The normalized spacial score (nSPS) is 21.3. The van der Waals surface area contributed by atoms with Gasteiger partial charge in [0.2, 0.25) is 5.91 Å². The van der Waals surface area contributed by atoms with E-state index in [4.69, 9.17) is 4.74 Å². The highest BCUT2D eigenvalue weighted by Gasteiger charge is 2.35. The molecular formula is C24H32N4O4. The van der Waals surface area contributed by atoms with Crippen molar-refractivity contribution in [2.75, 3.05) is 31.6 Å². The van der Waals surface area contributed by atoms with Gasteiger partial charge in [0.05, 0.1) is 31.1 Å². The van der Waals surface area contributed by atoms with E-state index in [9.17, 15) is 14.7 Å². The Morgan fingerprint density at radius 1 is 1.31 bits per heavy atom. The van der Waals surface area contributed by atoms with Crippen LogP contribution in [0.3, 0.4) is 0 Å². The number of amides is 1. The minimum absolute atomic E-state index is 0.105. The van der Waals surface area contributed by atoms with Gasteiger partial charge in [-0.05, 0) is 30.7 Å². The molecule has 0 spiro atoms. The van der Waals surface area contributed by atoms with Crippen molar-refractivity contribution in [2.24, 2.45) is 0 Å². The van der Waals surface area contributed by atoms with E-state index in [0.29, 0.717) is 51.4 Å². The summed E-state index contributed by atoms with van der Waals surface area (Å²) in [6, 6.07) is 11.7. The first-order chi connectivity index (χ1) is 15.4. The topological polar surface area (TPSA) is 96.7 Å². The number of nitrogens with zero attached hydrogens (tertiary/aromatic N) is 3. The molecule has 1 aromatic heterocycles. The molecular weight excluding hydrogens is 408 g/mol. The number of aromatic nitrogens is 2. The highest BCUT2D eigenvalue weighted by molar-refractivity contribution is 5.77. The van der Waals surface area contributed by atoms with Crippen LogP contribution in [0.15, 0.2) is 47.5 Å². The third-order valence-electron chi connectivity index (χ3n) is 6.52. The smallest absolute Gasteiger partial charge is 0.255 e. The molecule has 3 heterocycles. The van der Waals surface area contributed by atoms with Crippen LogP contribution in [0.25, 0.3) is 0 Å². The van der Waals surface area contributed by atoms with E-state index in [1.807, 2.05) is 35.2 Å². The summed E-state index contributed by atoms with van der Waals surface area (Å²) in [5.74, 6) is 0.785. The van der Waals surface area contributed by atoms with Crippen LogP contribution in [0.1, 0.15) is 44.1 Å². The minimum Gasteiger partial charge on any atom is -0.388 e. The fourth-order valence-corrected chi connectivity index (χ4v) is 4.42.